The standard InChI is InChI=1S/C10H13F3N4O2/c1-3-19-8(18)5(2)15-7-4-6(14)16-9(17-7)10(11,12)13/h4-5H,3H2,1-2H3,(H3,14,15,16,17). The van der Waals surface area contributed by atoms with Gasteiger partial charge in [0.2, 0.25) is 5.82 Å². The van der Waals surface area contributed by atoms with Gasteiger partial charge in [0.25, 0.3) is 0 Å². The summed E-state index contributed by atoms with van der Waals surface area (Å²) in [6.45, 7) is 3.23. The molecule has 1 heterocycles. The number of carbonyl (C=O) groups excluding carboxylic acids is 1. The number of aromatic nitrogens is 2. The molecule has 0 bridgehead atoms. The number of rotatable bonds is 4. The highest BCUT2D eigenvalue weighted by molar-refractivity contribution is 5.78. The summed E-state index contributed by atoms with van der Waals surface area (Å²) in [5.41, 5.74) is 5.26. The fourth-order valence-electron chi connectivity index (χ4n) is 1.21. The van der Waals surface area contributed by atoms with E-state index in [1.54, 1.807) is 6.92 Å². The minimum atomic E-state index is -4.71. The van der Waals surface area contributed by atoms with Crippen LogP contribution in [-0.4, -0.2) is 28.6 Å². The zero-order valence-electron chi connectivity index (χ0n) is 10.3. The van der Waals surface area contributed by atoms with E-state index < -0.39 is 24.0 Å². The maximum absolute atomic E-state index is 12.5. The smallest absolute Gasteiger partial charge is 0.451 e. The molecule has 0 saturated heterocycles. The average molecular weight is 278 g/mol. The van der Waals surface area contributed by atoms with Crippen LogP contribution in [0.2, 0.25) is 0 Å². The van der Waals surface area contributed by atoms with Gasteiger partial charge in [-0.3, -0.25) is 0 Å². The number of carbonyl (C=O) groups is 1. The lowest BCUT2D eigenvalue weighted by atomic mass is 10.3. The first-order chi connectivity index (χ1) is 8.74. The molecule has 1 rings (SSSR count). The number of nitrogens with one attached hydrogen (secondary N) is 1. The molecule has 0 aliphatic rings. The second kappa shape index (κ2) is 5.72. The number of ether oxygens (including phenoxy) is 1. The molecule has 1 aromatic rings. The maximum atomic E-state index is 12.5. The van der Waals surface area contributed by atoms with Crippen LogP contribution in [0.3, 0.4) is 0 Å². The Labute approximate surface area is 107 Å². The molecular formula is C10H13F3N4O2. The van der Waals surface area contributed by atoms with Gasteiger partial charge < -0.3 is 15.8 Å². The van der Waals surface area contributed by atoms with Gasteiger partial charge in [-0.2, -0.15) is 13.2 Å². The van der Waals surface area contributed by atoms with Crippen molar-refractivity contribution >= 4 is 17.6 Å². The molecule has 1 aromatic heterocycles. The minimum Gasteiger partial charge on any atom is -0.464 e. The molecule has 0 aromatic carbocycles. The summed E-state index contributed by atoms with van der Waals surface area (Å²) >= 11 is 0. The van der Waals surface area contributed by atoms with Crippen LogP contribution >= 0.6 is 0 Å². The van der Waals surface area contributed by atoms with Crippen LogP contribution < -0.4 is 11.1 Å². The van der Waals surface area contributed by atoms with E-state index in [0.717, 1.165) is 6.07 Å². The monoisotopic (exact) mass is 278 g/mol. The lowest BCUT2D eigenvalue weighted by Crippen LogP contribution is -2.29. The van der Waals surface area contributed by atoms with E-state index in [1.165, 1.54) is 6.92 Å². The molecule has 0 spiro atoms. The molecule has 3 N–H and O–H groups in total. The van der Waals surface area contributed by atoms with E-state index in [0.29, 0.717) is 0 Å². The van der Waals surface area contributed by atoms with Crippen molar-refractivity contribution in [1.29, 1.82) is 0 Å². The number of anilines is 2. The Morgan fingerprint density at radius 3 is 2.68 bits per heavy atom. The Kier molecular flexibility index (Phi) is 4.52. The Balaban J connectivity index is 2.90. The van der Waals surface area contributed by atoms with Crippen LogP contribution in [0.25, 0.3) is 0 Å². The number of nitrogens with two attached hydrogens (primary N) is 1. The van der Waals surface area contributed by atoms with Crippen LogP contribution in [-0.2, 0) is 15.7 Å². The molecule has 6 nitrogen and oxygen atoms in total. The molecule has 0 amide bonds. The highest BCUT2D eigenvalue weighted by Gasteiger charge is 2.35. The van der Waals surface area contributed by atoms with Crippen LogP contribution in [0.1, 0.15) is 19.7 Å². The lowest BCUT2D eigenvalue weighted by molar-refractivity contribution is -0.144. The van der Waals surface area contributed by atoms with Crippen LogP contribution in [0.5, 0.6) is 0 Å². The zero-order valence-corrected chi connectivity index (χ0v) is 10.3. The molecule has 19 heavy (non-hydrogen) atoms. The average Bonchev–Trinajstić information content (AvgIpc) is 2.27. The first kappa shape index (κ1) is 15.0. The van der Waals surface area contributed by atoms with E-state index in [1.807, 2.05) is 0 Å². The molecule has 106 valence electrons. The first-order valence-corrected chi connectivity index (χ1v) is 5.39. The third-order valence-corrected chi connectivity index (χ3v) is 2.00. The normalized spacial score (nSPS) is 12.9. The van der Waals surface area contributed by atoms with Crippen LogP contribution in [0.15, 0.2) is 6.07 Å². The second-order valence-corrected chi connectivity index (χ2v) is 3.62. The van der Waals surface area contributed by atoms with Crippen molar-refractivity contribution in [1.82, 2.24) is 9.97 Å². The Morgan fingerprint density at radius 2 is 2.16 bits per heavy atom. The van der Waals surface area contributed by atoms with Gasteiger partial charge in [-0.05, 0) is 13.8 Å². The van der Waals surface area contributed by atoms with Gasteiger partial charge in [-0.25, -0.2) is 14.8 Å². The Bertz CT molecular complexity index is 465. The van der Waals surface area contributed by atoms with Gasteiger partial charge in [0.1, 0.15) is 17.7 Å². The molecule has 0 aliphatic carbocycles. The van der Waals surface area contributed by atoms with Gasteiger partial charge in [0, 0.05) is 6.07 Å². The first-order valence-electron chi connectivity index (χ1n) is 5.39. The van der Waals surface area contributed by atoms with Crippen molar-refractivity contribution in [3.05, 3.63) is 11.9 Å². The fourth-order valence-corrected chi connectivity index (χ4v) is 1.21. The quantitative estimate of drug-likeness (QED) is 0.810. The van der Waals surface area contributed by atoms with Gasteiger partial charge >= 0.3 is 12.1 Å². The van der Waals surface area contributed by atoms with Crippen molar-refractivity contribution in [3.63, 3.8) is 0 Å². The van der Waals surface area contributed by atoms with E-state index in [9.17, 15) is 18.0 Å². The third kappa shape index (κ3) is 4.27. The number of nitrogens with zero attached hydrogens (tertiary/aromatic N) is 2. The van der Waals surface area contributed by atoms with E-state index in [2.05, 4.69) is 15.3 Å². The van der Waals surface area contributed by atoms with Gasteiger partial charge in [0.05, 0.1) is 6.61 Å². The Morgan fingerprint density at radius 1 is 1.53 bits per heavy atom. The predicted octanol–water partition coefficient (Wildman–Crippen LogP) is 1.44. The summed E-state index contributed by atoms with van der Waals surface area (Å²) in [7, 11) is 0. The summed E-state index contributed by atoms with van der Waals surface area (Å²) in [6, 6.07) is 0.251. The molecular weight excluding hydrogens is 265 g/mol. The summed E-state index contributed by atoms with van der Waals surface area (Å²) in [5.74, 6) is -2.51. The van der Waals surface area contributed by atoms with Crippen molar-refractivity contribution in [3.8, 4) is 0 Å². The summed E-state index contributed by atoms with van der Waals surface area (Å²) in [4.78, 5) is 17.7. The summed E-state index contributed by atoms with van der Waals surface area (Å²) < 4.78 is 42.1. The third-order valence-electron chi connectivity index (χ3n) is 2.00. The highest BCUT2D eigenvalue weighted by atomic mass is 19.4. The molecule has 0 saturated carbocycles. The number of hydrogen-bond donors (Lipinski definition) is 2. The SMILES string of the molecule is CCOC(=O)C(C)Nc1cc(N)nc(C(F)(F)F)n1. The molecule has 0 aliphatic heterocycles. The molecule has 0 radical (unpaired) electrons. The number of halogens is 3. The second-order valence-electron chi connectivity index (χ2n) is 3.62. The maximum Gasteiger partial charge on any atom is 0.451 e. The molecule has 1 unspecified atom stereocenters. The van der Waals surface area contributed by atoms with Crippen LogP contribution in [0.4, 0.5) is 24.8 Å². The van der Waals surface area contributed by atoms with Gasteiger partial charge in [-0.1, -0.05) is 0 Å². The van der Waals surface area contributed by atoms with E-state index in [-0.39, 0.29) is 18.2 Å². The van der Waals surface area contributed by atoms with E-state index in [4.69, 9.17) is 10.5 Å². The van der Waals surface area contributed by atoms with E-state index >= 15 is 0 Å². The number of hydrogen-bond acceptors (Lipinski definition) is 6. The van der Waals surface area contributed by atoms with Gasteiger partial charge in [0.15, 0.2) is 0 Å². The number of esters is 1. The topological polar surface area (TPSA) is 90.1 Å². The van der Waals surface area contributed by atoms with Crippen LogP contribution in [0, 0.1) is 0 Å². The lowest BCUT2D eigenvalue weighted by Gasteiger charge is -2.14. The fraction of sp³-hybridized carbons (Fsp3) is 0.500. The predicted molar refractivity (Wildman–Crippen MR) is 61.2 cm³/mol. The largest absolute Gasteiger partial charge is 0.464 e. The highest BCUT2D eigenvalue weighted by Crippen LogP contribution is 2.27. The molecule has 9 heteroatoms. The Hall–Kier alpha value is -2.06. The van der Waals surface area contributed by atoms with Crippen molar-refractivity contribution in [2.24, 2.45) is 0 Å². The van der Waals surface area contributed by atoms with Crippen molar-refractivity contribution in [2.75, 3.05) is 17.7 Å². The zero-order chi connectivity index (χ0) is 14.6. The molecule has 0 fully saturated rings. The summed E-state index contributed by atoms with van der Waals surface area (Å²) in [6.07, 6.45) is -4.71. The number of alkyl halides is 3. The number of nitrogen functional groups attached to an aromatic ring is 1. The summed E-state index contributed by atoms with van der Waals surface area (Å²) in [5, 5.41) is 2.47. The van der Waals surface area contributed by atoms with Crippen molar-refractivity contribution in [2.45, 2.75) is 26.1 Å². The van der Waals surface area contributed by atoms with Crippen molar-refractivity contribution < 1.29 is 22.7 Å². The van der Waals surface area contributed by atoms with Gasteiger partial charge in [-0.15, -0.1) is 0 Å². The molecule has 1 atom stereocenters. The minimum absolute atomic E-state index is 0.171.